The monoisotopic (exact) mass is 398 g/mol. The Labute approximate surface area is 149 Å². The molecule has 0 spiro atoms. The van der Waals surface area contributed by atoms with E-state index in [9.17, 15) is 26.3 Å². The predicted molar refractivity (Wildman–Crippen MR) is 85.8 cm³/mol. The van der Waals surface area contributed by atoms with Gasteiger partial charge in [0.05, 0.1) is 11.1 Å². The van der Waals surface area contributed by atoms with Gasteiger partial charge in [-0.05, 0) is 6.92 Å². The second-order valence-corrected chi connectivity index (χ2v) is 5.62. The summed E-state index contributed by atoms with van der Waals surface area (Å²) in [5.41, 5.74) is -1.36. The normalized spacial score (nSPS) is 11.6. The lowest BCUT2D eigenvalue weighted by molar-refractivity contribution is -0.115. The first kappa shape index (κ1) is 20.1. The smallest absolute Gasteiger partial charge is 0.360 e. The molecule has 4 nitrogen and oxygen atoms in total. The number of nitrogens with one attached hydrogen (secondary N) is 1. The van der Waals surface area contributed by atoms with E-state index in [4.69, 9.17) is 11.6 Å². The van der Waals surface area contributed by atoms with E-state index in [-0.39, 0.29) is 5.95 Å². The highest BCUT2D eigenvalue weighted by Gasteiger charge is 2.29. The number of nitrogens with zero attached hydrogens (tertiary/aromatic N) is 3. The third-order valence-electron chi connectivity index (χ3n) is 3.38. The van der Waals surface area contributed by atoms with Gasteiger partial charge in [-0.15, -0.1) is 0 Å². The molecule has 0 atom stereocenters. The van der Waals surface area contributed by atoms with E-state index >= 15 is 0 Å². The minimum atomic E-state index is -4.62. The lowest BCUT2D eigenvalue weighted by Gasteiger charge is -2.20. The van der Waals surface area contributed by atoms with Gasteiger partial charge in [0.25, 0.3) is 0 Å². The molecule has 0 amide bonds. The molecule has 0 aliphatic heterocycles. The van der Waals surface area contributed by atoms with Crippen LogP contribution in [0.2, 0.25) is 5.15 Å². The number of halogens is 7. The quantitative estimate of drug-likeness (QED) is 0.588. The Bertz CT molecular complexity index is 788. The molecule has 0 saturated heterocycles. The zero-order valence-corrected chi connectivity index (χ0v) is 14.3. The van der Waals surface area contributed by atoms with Gasteiger partial charge in [0.1, 0.15) is 35.0 Å². The highest BCUT2D eigenvalue weighted by Crippen LogP contribution is 2.38. The van der Waals surface area contributed by atoms with Crippen molar-refractivity contribution in [3.05, 3.63) is 34.7 Å². The Kier molecular flexibility index (Phi) is 5.84. The predicted octanol–water partition coefficient (Wildman–Crippen LogP) is 4.64. The topological polar surface area (TPSA) is 41.1 Å². The van der Waals surface area contributed by atoms with Crippen molar-refractivity contribution in [2.45, 2.75) is 13.1 Å². The number of hydrogen-bond donors (Lipinski definition) is 1. The Balaban J connectivity index is 2.67. The molecule has 0 saturated carbocycles. The molecule has 1 N–H and O–H groups in total. The average Bonchev–Trinajstić information content (AvgIpc) is 2.52. The maximum Gasteiger partial charge on any atom is 0.405 e. The summed E-state index contributed by atoms with van der Waals surface area (Å²) in [6.07, 6.45) is -4.62. The standard InChI is InChI=1S/C15H13ClF6N4/c1-3-26(2)14-24-12(16)11(13(25-14)23-6-15(20,21)22)10-8(18)4-7(17)5-9(10)19/h4-5H,3,6H2,1-2H3,(H,23,24,25). The van der Waals surface area contributed by atoms with E-state index in [1.807, 2.05) is 5.32 Å². The first-order valence-electron chi connectivity index (χ1n) is 7.27. The first-order valence-corrected chi connectivity index (χ1v) is 7.65. The minimum absolute atomic E-state index is 0.0474. The summed E-state index contributed by atoms with van der Waals surface area (Å²) in [5.74, 6) is -4.46. The molecule has 142 valence electrons. The highest BCUT2D eigenvalue weighted by atomic mass is 35.5. The van der Waals surface area contributed by atoms with E-state index in [1.54, 1.807) is 14.0 Å². The molecule has 1 aromatic heterocycles. The molecule has 0 aliphatic carbocycles. The Morgan fingerprint density at radius 2 is 1.65 bits per heavy atom. The molecule has 2 rings (SSSR count). The summed E-state index contributed by atoms with van der Waals surface area (Å²) in [4.78, 5) is 9.21. The fourth-order valence-electron chi connectivity index (χ4n) is 2.05. The summed E-state index contributed by atoms with van der Waals surface area (Å²) in [6, 6.07) is 0.767. The molecule has 0 aliphatic rings. The van der Waals surface area contributed by atoms with Crippen LogP contribution in [0, 0.1) is 17.5 Å². The van der Waals surface area contributed by atoms with Crippen molar-refractivity contribution in [1.29, 1.82) is 0 Å². The molecule has 0 bridgehead atoms. The molecule has 0 unspecified atom stereocenters. The van der Waals surface area contributed by atoms with Crippen LogP contribution in [-0.2, 0) is 0 Å². The lowest BCUT2D eigenvalue weighted by atomic mass is 10.1. The van der Waals surface area contributed by atoms with E-state index in [1.165, 1.54) is 4.90 Å². The van der Waals surface area contributed by atoms with Crippen molar-refractivity contribution in [2.75, 3.05) is 30.4 Å². The minimum Gasteiger partial charge on any atom is -0.360 e. The van der Waals surface area contributed by atoms with Crippen LogP contribution in [0.15, 0.2) is 12.1 Å². The van der Waals surface area contributed by atoms with Gasteiger partial charge in [-0.2, -0.15) is 18.2 Å². The molecular formula is C15H13ClF6N4. The van der Waals surface area contributed by atoms with Crippen molar-refractivity contribution < 1.29 is 26.3 Å². The fourth-order valence-corrected chi connectivity index (χ4v) is 2.31. The van der Waals surface area contributed by atoms with Crippen molar-refractivity contribution in [3.63, 3.8) is 0 Å². The van der Waals surface area contributed by atoms with Crippen molar-refractivity contribution in [2.24, 2.45) is 0 Å². The van der Waals surface area contributed by atoms with Crippen LogP contribution in [0.25, 0.3) is 11.1 Å². The van der Waals surface area contributed by atoms with Gasteiger partial charge in [0, 0.05) is 25.7 Å². The number of anilines is 2. The van der Waals surface area contributed by atoms with Gasteiger partial charge < -0.3 is 10.2 Å². The zero-order chi connectivity index (χ0) is 19.6. The third kappa shape index (κ3) is 4.48. The van der Waals surface area contributed by atoms with Crippen LogP contribution in [0.1, 0.15) is 6.92 Å². The molecule has 11 heteroatoms. The number of benzene rings is 1. The summed E-state index contributed by atoms with van der Waals surface area (Å²) >= 11 is 5.98. The van der Waals surface area contributed by atoms with Gasteiger partial charge in [-0.25, -0.2) is 18.2 Å². The van der Waals surface area contributed by atoms with Crippen LogP contribution in [0.4, 0.5) is 38.1 Å². The van der Waals surface area contributed by atoms with Gasteiger partial charge in [0.15, 0.2) is 0 Å². The van der Waals surface area contributed by atoms with Crippen LogP contribution < -0.4 is 10.2 Å². The third-order valence-corrected chi connectivity index (χ3v) is 3.66. The van der Waals surface area contributed by atoms with Crippen molar-refractivity contribution in [3.8, 4) is 11.1 Å². The fraction of sp³-hybridized carbons (Fsp3) is 0.333. The van der Waals surface area contributed by atoms with E-state index in [0.717, 1.165) is 0 Å². The summed E-state index contributed by atoms with van der Waals surface area (Å²) < 4.78 is 79.0. The summed E-state index contributed by atoms with van der Waals surface area (Å²) in [5, 5.41) is 1.48. The van der Waals surface area contributed by atoms with Gasteiger partial charge in [-0.3, -0.25) is 0 Å². The SMILES string of the molecule is CCN(C)c1nc(Cl)c(-c2c(F)cc(F)cc2F)c(NCC(F)(F)F)n1. The largest absolute Gasteiger partial charge is 0.405 e. The van der Waals surface area contributed by atoms with Crippen molar-refractivity contribution in [1.82, 2.24) is 9.97 Å². The Morgan fingerprint density at radius 3 is 2.15 bits per heavy atom. The van der Waals surface area contributed by atoms with Crippen LogP contribution in [0.3, 0.4) is 0 Å². The average molecular weight is 399 g/mol. The Hall–Kier alpha value is -2.23. The first-order chi connectivity index (χ1) is 12.0. The number of alkyl halides is 3. The molecule has 0 radical (unpaired) electrons. The lowest BCUT2D eigenvalue weighted by Crippen LogP contribution is -2.24. The molecule has 1 heterocycles. The van der Waals surface area contributed by atoms with Crippen LogP contribution >= 0.6 is 11.6 Å². The van der Waals surface area contributed by atoms with Gasteiger partial charge >= 0.3 is 6.18 Å². The molecule has 2 aromatic rings. The summed E-state index contributed by atoms with van der Waals surface area (Å²) in [6.45, 7) is 0.605. The van der Waals surface area contributed by atoms with E-state index in [0.29, 0.717) is 18.7 Å². The molecule has 1 aromatic carbocycles. The molecule has 26 heavy (non-hydrogen) atoms. The number of rotatable bonds is 5. The highest BCUT2D eigenvalue weighted by molar-refractivity contribution is 6.32. The maximum absolute atomic E-state index is 14.1. The maximum atomic E-state index is 14.1. The van der Waals surface area contributed by atoms with Crippen LogP contribution in [-0.4, -0.2) is 36.3 Å². The second-order valence-electron chi connectivity index (χ2n) is 5.27. The van der Waals surface area contributed by atoms with Gasteiger partial charge in [0.2, 0.25) is 5.95 Å². The van der Waals surface area contributed by atoms with Crippen LogP contribution in [0.5, 0.6) is 0 Å². The van der Waals surface area contributed by atoms with Crippen molar-refractivity contribution >= 4 is 23.4 Å². The molecular weight excluding hydrogens is 386 g/mol. The zero-order valence-electron chi connectivity index (χ0n) is 13.6. The van der Waals surface area contributed by atoms with Gasteiger partial charge in [-0.1, -0.05) is 11.6 Å². The molecule has 0 fully saturated rings. The number of aromatic nitrogens is 2. The Morgan fingerprint density at radius 1 is 1.08 bits per heavy atom. The van der Waals surface area contributed by atoms with E-state index in [2.05, 4.69) is 9.97 Å². The summed E-state index contributed by atoms with van der Waals surface area (Å²) in [7, 11) is 1.55. The number of hydrogen-bond acceptors (Lipinski definition) is 4. The van der Waals surface area contributed by atoms with E-state index < -0.39 is 52.3 Å². The second kappa shape index (κ2) is 7.56.